The molecule has 0 amide bonds. The molecule has 0 aliphatic carbocycles. The Morgan fingerprint density at radius 2 is 2.20 bits per heavy atom. The lowest BCUT2D eigenvalue weighted by molar-refractivity contribution is 0.101. The highest BCUT2D eigenvalue weighted by molar-refractivity contribution is 5.93. The van der Waals surface area contributed by atoms with Crippen molar-refractivity contribution in [3.63, 3.8) is 0 Å². The quantitative estimate of drug-likeness (QED) is 0.557. The van der Waals surface area contributed by atoms with Gasteiger partial charge in [0, 0.05) is 17.8 Å². The summed E-state index contributed by atoms with van der Waals surface area (Å²) in [6.07, 6.45) is 6.75. The molecule has 0 saturated carbocycles. The molecule has 0 N–H and O–H groups in total. The molecule has 1 aromatic heterocycles. The van der Waals surface area contributed by atoms with E-state index in [-0.39, 0.29) is 5.78 Å². The van der Waals surface area contributed by atoms with Gasteiger partial charge in [-0.2, -0.15) is 0 Å². The maximum Gasteiger partial charge on any atom is 0.214 e. The first-order chi connectivity index (χ1) is 6.94. The molecule has 1 aromatic rings. The summed E-state index contributed by atoms with van der Waals surface area (Å²) in [6.45, 7) is 5.03. The third kappa shape index (κ3) is 3.10. The number of rotatable bonds is 3. The molecule has 0 unspecified atom stereocenters. The van der Waals surface area contributed by atoms with E-state index in [4.69, 9.17) is 11.2 Å². The molecule has 1 rings (SSSR count). The summed E-state index contributed by atoms with van der Waals surface area (Å²) in [5, 5.41) is 0. The molecule has 0 spiro atoms. The topological polar surface area (TPSA) is 39.2 Å². The van der Waals surface area contributed by atoms with Crippen molar-refractivity contribution in [3.05, 3.63) is 23.9 Å². The molecule has 15 heavy (non-hydrogen) atoms. The molecule has 0 atom stereocenters. The van der Waals surface area contributed by atoms with E-state index in [9.17, 15) is 4.79 Å². The minimum absolute atomic E-state index is 0.0229. The third-order valence-electron chi connectivity index (χ3n) is 1.85. The van der Waals surface area contributed by atoms with Crippen LogP contribution in [-0.4, -0.2) is 16.4 Å². The monoisotopic (exact) mass is 203 g/mol. The number of carbonyl (C=O) groups excluding carboxylic acids is 1. The Kier molecular flexibility index (Phi) is 3.11. The second-order valence-electron chi connectivity index (χ2n) is 3.70. The van der Waals surface area contributed by atoms with Crippen molar-refractivity contribution in [3.8, 4) is 18.2 Å². The summed E-state index contributed by atoms with van der Waals surface area (Å²) in [5.41, 5.74) is -0.133. The Labute approximate surface area is 89.5 Å². The highest BCUT2D eigenvalue weighted by Crippen LogP contribution is 2.15. The summed E-state index contributed by atoms with van der Waals surface area (Å²) >= 11 is 0. The number of Topliss-reactive ketones (excluding diaryl/α,β-unsaturated/α-hetero) is 1. The Hall–Kier alpha value is -1.82. The highest BCUT2D eigenvalue weighted by atomic mass is 16.5. The van der Waals surface area contributed by atoms with Crippen LogP contribution >= 0.6 is 0 Å². The molecular weight excluding hydrogens is 190 g/mol. The van der Waals surface area contributed by atoms with Crippen LogP contribution in [0.4, 0.5) is 0 Å². The van der Waals surface area contributed by atoms with Crippen molar-refractivity contribution in [1.82, 2.24) is 4.98 Å². The Balaban J connectivity index is 2.83. The first-order valence-electron chi connectivity index (χ1n) is 4.58. The molecule has 0 aromatic carbocycles. The van der Waals surface area contributed by atoms with Crippen molar-refractivity contribution in [2.75, 3.05) is 0 Å². The number of hydrogen-bond donors (Lipinski definition) is 0. The number of hydrogen-bond acceptors (Lipinski definition) is 3. The van der Waals surface area contributed by atoms with Gasteiger partial charge in [0.2, 0.25) is 5.88 Å². The van der Waals surface area contributed by atoms with Crippen molar-refractivity contribution in [2.24, 2.45) is 0 Å². The van der Waals surface area contributed by atoms with Gasteiger partial charge in [0.25, 0.3) is 0 Å². The number of aromatic nitrogens is 1. The second kappa shape index (κ2) is 4.14. The SMILES string of the molecule is C#CC(C)(C)Oc1ccc(C(C)=O)cn1. The van der Waals surface area contributed by atoms with Crippen LogP contribution in [0.25, 0.3) is 0 Å². The number of ether oxygens (including phenoxy) is 1. The van der Waals surface area contributed by atoms with Crippen molar-refractivity contribution in [2.45, 2.75) is 26.4 Å². The van der Waals surface area contributed by atoms with E-state index in [1.54, 1.807) is 26.0 Å². The predicted molar refractivity (Wildman–Crippen MR) is 57.8 cm³/mol. The Bertz CT molecular complexity index is 399. The van der Waals surface area contributed by atoms with Crippen LogP contribution in [-0.2, 0) is 0 Å². The normalized spacial score (nSPS) is 10.5. The molecule has 3 heteroatoms. The zero-order chi connectivity index (χ0) is 11.5. The molecule has 0 aliphatic rings. The smallest absolute Gasteiger partial charge is 0.214 e. The standard InChI is InChI=1S/C12H13NO2/c1-5-12(3,4)15-11-7-6-10(8-13-11)9(2)14/h1,6-8H,2-4H3. The van der Waals surface area contributed by atoms with Crippen molar-refractivity contribution >= 4 is 5.78 Å². The molecular formula is C12H13NO2. The first-order valence-corrected chi connectivity index (χ1v) is 4.58. The molecule has 78 valence electrons. The fraction of sp³-hybridized carbons (Fsp3) is 0.333. The lowest BCUT2D eigenvalue weighted by atomic mass is 10.1. The second-order valence-corrected chi connectivity index (χ2v) is 3.70. The average molecular weight is 203 g/mol. The van der Waals surface area contributed by atoms with E-state index in [2.05, 4.69) is 10.9 Å². The molecule has 0 aliphatic heterocycles. The van der Waals surface area contributed by atoms with E-state index < -0.39 is 5.60 Å². The van der Waals surface area contributed by atoms with Crippen LogP contribution in [0, 0.1) is 12.3 Å². The van der Waals surface area contributed by atoms with Crippen LogP contribution in [0.3, 0.4) is 0 Å². The van der Waals surface area contributed by atoms with E-state index >= 15 is 0 Å². The largest absolute Gasteiger partial charge is 0.458 e. The Morgan fingerprint density at radius 3 is 2.60 bits per heavy atom. The number of pyridine rings is 1. The van der Waals surface area contributed by atoms with Crippen molar-refractivity contribution < 1.29 is 9.53 Å². The van der Waals surface area contributed by atoms with Gasteiger partial charge < -0.3 is 4.74 Å². The molecule has 1 heterocycles. The van der Waals surface area contributed by atoms with E-state index in [0.717, 1.165) is 0 Å². The lowest BCUT2D eigenvalue weighted by Crippen LogP contribution is -2.25. The van der Waals surface area contributed by atoms with Gasteiger partial charge in [0.15, 0.2) is 11.4 Å². The van der Waals surface area contributed by atoms with Gasteiger partial charge in [0.1, 0.15) is 0 Å². The lowest BCUT2D eigenvalue weighted by Gasteiger charge is -2.18. The summed E-state index contributed by atoms with van der Waals surface area (Å²) in [7, 11) is 0. The van der Waals surface area contributed by atoms with Gasteiger partial charge in [-0.3, -0.25) is 4.79 Å². The Morgan fingerprint density at radius 1 is 1.53 bits per heavy atom. The predicted octanol–water partition coefficient (Wildman–Crippen LogP) is 2.07. The van der Waals surface area contributed by atoms with Gasteiger partial charge in [-0.25, -0.2) is 4.98 Å². The number of terminal acetylenes is 1. The summed E-state index contributed by atoms with van der Waals surface area (Å²) in [5.74, 6) is 2.89. The first kappa shape index (κ1) is 11.3. The molecule has 0 saturated heterocycles. The average Bonchev–Trinajstić information content (AvgIpc) is 2.18. The zero-order valence-corrected chi connectivity index (χ0v) is 9.07. The third-order valence-corrected chi connectivity index (χ3v) is 1.85. The summed E-state index contributed by atoms with van der Waals surface area (Å²) in [6, 6.07) is 3.30. The van der Waals surface area contributed by atoms with Crippen LogP contribution in [0.15, 0.2) is 18.3 Å². The van der Waals surface area contributed by atoms with Gasteiger partial charge in [-0.05, 0) is 26.8 Å². The summed E-state index contributed by atoms with van der Waals surface area (Å²) in [4.78, 5) is 15.0. The maximum absolute atomic E-state index is 11.0. The minimum atomic E-state index is -0.690. The maximum atomic E-state index is 11.0. The minimum Gasteiger partial charge on any atom is -0.458 e. The van der Waals surface area contributed by atoms with E-state index in [1.807, 2.05) is 0 Å². The van der Waals surface area contributed by atoms with Gasteiger partial charge in [-0.1, -0.05) is 5.92 Å². The van der Waals surface area contributed by atoms with Crippen LogP contribution in [0.5, 0.6) is 5.88 Å². The van der Waals surface area contributed by atoms with Gasteiger partial charge in [-0.15, -0.1) is 6.42 Å². The van der Waals surface area contributed by atoms with Crippen LogP contribution in [0.2, 0.25) is 0 Å². The molecule has 0 bridgehead atoms. The van der Waals surface area contributed by atoms with Crippen LogP contribution < -0.4 is 4.74 Å². The van der Waals surface area contributed by atoms with Crippen LogP contribution in [0.1, 0.15) is 31.1 Å². The summed E-state index contributed by atoms with van der Waals surface area (Å²) < 4.78 is 5.43. The van der Waals surface area contributed by atoms with E-state index in [0.29, 0.717) is 11.4 Å². The molecule has 0 fully saturated rings. The highest BCUT2D eigenvalue weighted by Gasteiger charge is 2.16. The number of carbonyl (C=O) groups is 1. The fourth-order valence-electron chi connectivity index (χ4n) is 0.940. The number of ketones is 1. The van der Waals surface area contributed by atoms with E-state index in [1.165, 1.54) is 13.1 Å². The molecule has 3 nitrogen and oxygen atoms in total. The number of nitrogens with zero attached hydrogens (tertiary/aromatic N) is 1. The fourth-order valence-corrected chi connectivity index (χ4v) is 0.940. The van der Waals surface area contributed by atoms with Gasteiger partial charge >= 0.3 is 0 Å². The zero-order valence-electron chi connectivity index (χ0n) is 9.07. The van der Waals surface area contributed by atoms with Gasteiger partial charge in [0.05, 0.1) is 0 Å². The molecule has 0 radical (unpaired) electrons. The van der Waals surface area contributed by atoms with Crippen molar-refractivity contribution in [1.29, 1.82) is 0 Å².